The van der Waals surface area contributed by atoms with Crippen molar-refractivity contribution in [2.45, 2.75) is 26.2 Å². The van der Waals surface area contributed by atoms with Gasteiger partial charge in [0.1, 0.15) is 0 Å². The van der Waals surface area contributed by atoms with Crippen molar-refractivity contribution in [2.75, 3.05) is 18.1 Å². The summed E-state index contributed by atoms with van der Waals surface area (Å²) in [6.45, 7) is 2.53. The minimum Gasteiger partial charge on any atom is -0.481 e. The van der Waals surface area contributed by atoms with Gasteiger partial charge in [0.05, 0.1) is 0 Å². The number of carbonyl (C=O) groups excluding carboxylic acids is 1. The summed E-state index contributed by atoms with van der Waals surface area (Å²) in [5, 5.41) is 11.4. The van der Waals surface area contributed by atoms with E-state index >= 15 is 0 Å². The van der Waals surface area contributed by atoms with E-state index < -0.39 is 5.97 Å². The molecule has 0 aromatic rings. The molecule has 1 fully saturated rings. The zero-order valence-corrected chi connectivity index (χ0v) is 10.4. The maximum absolute atomic E-state index is 11.5. The Morgan fingerprint density at radius 1 is 1.50 bits per heavy atom. The molecule has 1 rings (SSSR count). The van der Waals surface area contributed by atoms with E-state index in [1.54, 1.807) is 6.92 Å². The molecule has 16 heavy (non-hydrogen) atoms. The molecule has 1 amide bonds. The van der Waals surface area contributed by atoms with Crippen LogP contribution in [0.4, 0.5) is 0 Å². The first-order valence-electron chi connectivity index (χ1n) is 5.64. The highest BCUT2D eigenvalue weighted by Crippen LogP contribution is 2.22. The average Bonchev–Trinajstić information content (AvgIpc) is 2.65. The zero-order chi connectivity index (χ0) is 12.0. The first-order chi connectivity index (χ1) is 7.58. The monoisotopic (exact) mass is 245 g/mol. The van der Waals surface area contributed by atoms with Gasteiger partial charge in [-0.2, -0.15) is 11.8 Å². The van der Waals surface area contributed by atoms with Crippen LogP contribution >= 0.6 is 11.8 Å². The molecule has 1 aliphatic rings. The molecule has 0 spiro atoms. The van der Waals surface area contributed by atoms with E-state index in [-0.39, 0.29) is 18.2 Å². The van der Waals surface area contributed by atoms with E-state index in [4.69, 9.17) is 5.11 Å². The van der Waals surface area contributed by atoms with Gasteiger partial charge in [0.25, 0.3) is 0 Å². The van der Waals surface area contributed by atoms with Crippen molar-refractivity contribution >= 4 is 23.6 Å². The molecular weight excluding hydrogens is 226 g/mol. The van der Waals surface area contributed by atoms with Gasteiger partial charge >= 0.3 is 5.97 Å². The number of thioether (sulfide) groups is 1. The summed E-state index contributed by atoms with van der Waals surface area (Å²) in [4.78, 5) is 21.9. The lowest BCUT2D eigenvalue weighted by atomic mass is 10.0. The second kappa shape index (κ2) is 6.78. The molecule has 2 N–H and O–H groups in total. The number of carbonyl (C=O) groups is 2. The van der Waals surface area contributed by atoms with Crippen molar-refractivity contribution in [3.8, 4) is 0 Å². The van der Waals surface area contributed by atoms with Crippen LogP contribution in [0.2, 0.25) is 0 Å². The van der Waals surface area contributed by atoms with Gasteiger partial charge in [-0.25, -0.2) is 0 Å². The molecule has 4 nitrogen and oxygen atoms in total. The number of carboxylic acids is 1. The third-order valence-corrected chi connectivity index (χ3v) is 3.90. The average molecular weight is 245 g/mol. The van der Waals surface area contributed by atoms with Gasteiger partial charge in [0.2, 0.25) is 5.91 Å². The Balaban J connectivity index is 2.12. The molecule has 0 radical (unpaired) electrons. The van der Waals surface area contributed by atoms with Gasteiger partial charge < -0.3 is 10.4 Å². The minimum atomic E-state index is -0.840. The third kappa shape index (κ3) is 5.39. The van der Waals surface area contributed by atoms with Gasteiger partial charge in [0, 0.05) is 19.4 Å². The Kier molecular flexibility index (Phi) is 5.66. The van der Waals surface area contributed by atoms with Crippen molar-refractivity contribution in [3.63, 3.8) is 0 Å². The van der Waals surface area contributed by atoms with Crippen LogP contribution in [-0.2, 0) is 9.59 Å². The number of carboxylic acid groups (broad SMARTS) is 1. The first-order valence-corrected chi connectivity index (χ1v) is 6.79. The van der Waals surface area contributed by atoms with Gasteiger partial charge in [-0.1, -0.05) is 6.92 Å². The summed E-state index contributed by atoms with van der Waals surface area (Å²) in [6.07, 6.45) is 1.55. The molecule has 0 bridgehead atoms. The predicted octanol–water partition coefficient (Wildman–Crippen LogP) is 1.36. The number of aliphatic carboxylic acids is 1. The normalized spacial score (nSPS) is 21.7. The van der Waals surface area contributed by atoms with E-state index in [9.17, 15) is 9.59 Å². The van der Waals surface area contributed by atoms with Crippen molar-refractivity contribution in [1.82, 2.24) is 5.32 Å². The number of hydrogen-bond acceptors (Lipinski definition) is 3. The molecule has 1 aliphatic heterocycles. The maximum Gasteiger partial charge on any atom is 0.303 e. The SMILES string of the molecule is CC(CC(=O)O)CC(=O)NCC1CCSC1. The van der Waals surface area contributed by atoms with Crippen LogP contribution in [0.1, 0.15) is 26.2 Å². The maximum atomic E-state index is 11.5. The summed E-state index contributed by atoms with van der Waals surface area (Å²) in [7, 11) is 0. The molecule has 0 aromatic carbocycles. The van der Waals surface area contributed by atoms with E-state index in [1.807, 2.05) is 11.8 Å². The minimum absolute atomic E-state index is 0.0225. The van der Waals surface area contributed by atoms with E-state index in [1.165, 1.54) is 12.2 Å². The van der Waals surface area contributed by atoms with Crippen LogP contribution in [0, 0.1) is 11.8 Å². The largest absolute Gasteiger partial charge is 0.481 e. The predicted molar refractivity (Wildman–Crippen MR) is 64.5 cm³/mol. The van der Waals surface area contributed by atoms with Crippen LogP contribution in [0.5, 0.6) is 0 Å². The van der Waals surface area contributed by atoms with Crippen LogP contribution in [0.15, 0.2) is 0 Å². The van der Waals surface area contributed by atoms with Crippen molar-refractivity contribution in [3.05, 3.63) is 0 Å². The van der Waals surface area contributed by atoms with Crippen LogP contribution in [0.25, 0.3) is 0 Å². The first kappa shape index (κ1) is 13.4. The Hall–Kier alpha value is -0.710. The van der Waals surface area contributed by atoms with E-state index in [0.29, 0.717) is 12.3 Å². The summed E-state index contributed by atoms with van der Waals surface area (Å²) in [6, 6.07) is 0. The van der Waals surface area contributed by atoms with Gasteiger partial charge in [0.15, 0.2) is 0 Å². The van der Waals surface area contributed by atoms with Crippen molar-refractivity contribution < 1.29 is 14.7 Å². The number of hydrogen-bond donors (Lipinski definition) is 2. The van der Waals surface area contributed by atoms with Crippen LogP contribution in [0.3, 0.4) is 0 Å². The molecule has 0 saturated carbocycles. The van der Waals surface area contributed by atoms with Crippen molar-refractivity contribution in [1.29, 1.82) is 0 Å². The summed E-state index contributed by atoms with van der Waals surface area (Å²) in [5.41, 5.74) is 0. The van der Waals surface area contributed by atoms with Gasteiger partial charge in [-0.3, -0.25) is 9.59 Å². The smallest absolute Gasteiger partial charge is 0.303 e. The lowest BCUT2D eigenvalue weighted by molar-refractivity contribution is -0.138. The topological polar surface area (TPSA) is 66.4 Å². The molecule has 0 aromatic heterocycles. The second-order valence-corrected chi connectivity index (χ2v) is 5.59. The highest BCUT2D eigenvalue weighted by molar-refractivity contribution is 7.99. The summed E-state index contributed by atoms with van der Waals surface area (Å²) < 4.78 is 0. The molecule has 2 atom stereocenters. The molecule has 1 saturated heterocycles. The number of rotatable bonds is 6. The lowest BCUT2D eigenvalue weighted by Gasteiger charge is -2.12. The lowest BCUT2D eigenvalue weighted by Crippen LogP contribution is -2.30. The van der Waals surface area contributed by atoms with Crippen LogP contribution in [-0.4, -0.2) is 35.0 Å². The fourth-order valence-corrected chi connectivity index (χ4v) is 3.05. The number of nitrogens with one attached hydrogen (secondary N) is 1. The van der Waals surface area contributed by atoms with E-state index in [0.717, 1.165) is 12.3 Å². The number of amides is 1. The van der Waals surface area contributed by atoms with Crippen LogP contribution < -0.4 is 5.32 Å². The molecular formula is C11H19NO3S. The van der Waals surface area contributed by atoms with Crippen molar-refractivity contribution in [2.24, 2.45) is 11.8 Å². The molecule has 5 heteroatoms. The molecule has 2 unspecified atom stereocenters. The zero-order valence-electron chi connectivity index (χ0n) is 9.57. The standard InChI is InChI=1S/C11H19NO3S/c1-8(5-11(14)15)4-10(13)12-6-9-2-3-16-7-9/h8-9H,2-7H2,1H3,(H,12,13)(H,14,15). The third-order valence-electron chi connectivity index (χ3n) is 2.67. The van der Waals surface area contributed by atoms with Gasteiger partial charge in [-0.15, -0.1) is 0 Å². The second-order valence-electron chi connectivity index (χ2n) is 4.44. The summed E-state index contributed by atoms with van der Waals surface area (Å²) >= 11 is 1.93. The molecule has 92 valence electrons. The molecule has 0 aliphatic carbocycles. The Labute approximate surface area is 100 Å². The Bertz CT molecular complexity index is 252. The highest BCUT2D eigenvalue weighted by Gasteiger charge is 2.17. The summed E-state index contributed by atoms with van der Waals surface area (Å²) in [5.74, 6) is 1.97. The Morgan fingerprint density at radius 3 is 2.81 bits per heavy atom. The fraction of sp³-hybridized carbons (Fsp3) is 0.818. The fourth-order valence-electron chi connectivity index (χ4n) is 1.76. The highest BCUT2D eigenvalue weighted by atomic mass is 32.2. The quantitative estimate of drug-likeness (QED) is 0.741. The van der Waals surface area contributed by atoms with Gasteiger partial charge in [-0.05, 0) is 29.8 Å². The Morgan fingerprint density at radius 2 is 2.25 bits per heavy atom. The van der Waals surface area contributed by atoms with E-state index in [2.05, 4.69) is 5.32 Å². The molecule has 1 heterocycles.